The Kier molecular flexibility index (Phi) is 4.96. The van der Waals surface area contributed by atoms with Gasteiger partial charge in [-0.1, -0.05) is 11.6 Å². The molecule has 0 saturated heterocycles. The van der Waals surface area contributed by atoms with Crippen LogP contribution in [0.25, 0.3) is 10.8 Å². The number of hydrogen-bond acceptors (Lipinski definition) is 6. The molecule has 150 valence electrons. The quantitative estimate of drug-likeness (QED) is 0.509. The van der Waals surface area contributed by atoms with Gasteiger partial charge in [-0.25, -0.2) is 0 Å². The van der Waals surface area contributed by atoms with Gasteiger partial charge in [-0.15, -0.1) is 0 Å². The summed E-state index contributed by atoms with van der Waals surface area (Å²) in [4.78, 5) is 25.0. The summed E-state index contributed by atoms with van der Waals surface area (Å²) in [7, 11) is 0. The molecule has 7 heteroatoms. The van der Waals surface area contributed by atoms with Gasteiger partial charge in [0.1, 0.15) is 0 Å². The van der Waals surface area contributed by atoms with E-state index in [0.717, 1.165) is 0 Å². The highest BCUT2D eigenvalue weighted by Gasteiger charge is 2.35. The lowest BCUT2D eigenvalue weighted by Crippen LogP contribution is -2.26. The third-order valence-corrected chi connectivity index (χ3v) is 4.35. The normalized spacial score (nSPS) is 13.5. The molecule has 0 amide bonds. The minimum atomic E-state index is -0.728. The molecular weight excluding hydrogens is 384 g/mol. The number of halogens is 1. The van der Waals surface area contributed by atoms with Crippen molar-refractivity contribution in [3.8, 4) is 23.0 Å². The standard InChI is InChI=1S/C21H23ClO6/c1-20(2,3)18(23)27-14-12-8-7-11(22)9-13(12)15(17-16(14)25-10-26-17)28-19(24)21(4,5)6/h7-9H,10H2,1-6H3. The first-order valence-electron chi connectivity index (χ1n) is 8.89. The maximum atomic E-state index is 12.5. The Balaban J connectivity index is 2.24. The SMILES string of the molecule is CC(C)(C)C(=O)Oc1c2c(c(OC(=O)C(C)(C)C)c3cc(Cl)ccc13)OCO2. The zero-order valence-electron chi connectivity index (χ0n) is 16.8. The predicted molar refractivity (Wildman–Crippen MR) is 105 cm³/mol. The van der Waals surface area contributed by atoms with Gasteiger partial charge in [-0.3, -0.25) is 9.59 Å². The fourth-order valence-electron chi connectivity index (χ4n) is 2.46. The van der Waals surface area contributed by atoms with Crippen LogP contribution in [0, 0.1) is 10.8 Å². The van der Waals surface area contributed by atoms with E-state index in [2.05, 4.69) is 0 Å². The zero-order chi connectivity index (χ0) is 20.9. The number of carbonyl (C=O) groups excluding carboxylic acids is 2. The first-order valence-corrected chi connectivity index (χ1v) is 9.27. The second-order valence-electron chi connectivity index (χ2n) is 8.69. The van der Waals surface area contributed by atoms with Crippen molar-refractivity contribution in [1.82, 2.24) is 0 Å². The summed E-state index contributed by atoms with van der Waals surface area (Å²) in [5.41, 5.74) is -1.45. The fourth-order valence-corrected chi connectivity index (χ4v) is 2.63. The van der Waals surface area contributed by atoms with Crippen molar-refractivity contribution in [3.63, 3.8) is 0 Å². The molecule has 0 N–H and O–H groups in total. The molecule has 2 aromatic carbocycles. The Labute approximate surface area is 168 Å². The molecule has 3 rings (SSSR count). The lowest BCUT2D eigenvalue weighted by molar-refractivity contribution is -0.143. The smallest absolute Gasteiger partial charge is 0.316 e. The first kappa shape index (κ1) is 20.3. The lowest BCUT2D eigenvalue weighted by Gasteiger charge is -2.21. The number of hydrogen-bond donors (Lipinski definition) is 0. The molecule has 0 spiro atoms. The predicted octanol–water partition coefficient (Wildman–Crippen LogP) is 5.12. The molecule has 1 aliphatic rings. The van der Waals surface area contributed by atoms with Crippen LogP contribution in [0.15, 0.2) is 18.2 Å². The van der Waals surface area contributed by atoms with Gasteiger partial charge in [0.25, 0.3) is 0 Å². The van der Waals surface area contributed by atoms with Crippen LogP contribution in [0.1, 0.15) is 41.5 Å². The molecule has 28 heavy (non-hydrogen) atoms. The third-order valence-electron chi connectivity index (χ3n) is 4.11. The van der Waals surface area contributed by atoms with E-state index in [1.54, 1.807) is 59.7 Å². The largest absolute Gasteiger partial charge is 0.449 e. The molecule has 2 aromatic rings. The molecule has 0 aliphatic carbocycles. The van der Waals surface area contributed by atoms with Gasteiger partial charge in [-0.2, -0.15) is 0 Å². The highest BCUT2D eigenvalue weighted by Crippen LogP contribution is 2.54. The van der Waals surface area contributed by atoms with Gasteiger partial charge in [-0.05, 0) is 59.7 Å². The number of fused-ring (bicyclic) bond motifs is 2. The third kappa shape index (κ3) is 3.74. The van der Waals surface area contributed by atoms with Gasteiger partial charge in [0.15, 0.2) is 11.5 Å². The molecule has 0 radical (unpaired) electrons. The van der Waals surface area contributed by atoms with Gasteiger partial charge in [0.05, 0.1) is 10.8 Å². The Morgan fingerprint density at radius 1 is 0.857 bits per heavy atom. The maximum absolute atomic E-state index is 12.5. The molecule has 1 heterocycles. The summed E-state index contributed by atoms with van der Waals surface area (Å²) in [5.74, 6) is -0.0184. The Morgan fingerprint density at radius 3 is 1.79 bits per heavy atom. The van der Waals surface area contributed by atoms with Crippen LogP contribution in [0.5, 0.6) is 23.0 Å². The molecule has 0 saturated carbocycles. The molecule has 0 aromatic heterocycles. The van der Waals surface area contributed by atoms with Crippen molar-refractivity contribution in [1.29, 1.82) is 0 Å². The number of rotatable bonds is 2. The summed E-state index contributed by atoms with van der Waals surface area (Å²) in [6.07, 6.45) is 0. The molecular formula is C21H23ClO6. The van der Waals surface area contributed by atoms with Crippen molar-refractivity contribution in [2.24, 2.45) is 10.8 Å². The molecule has 0 bridgehead atoms. The zero-order valence-corrected chi connectivity index (χ0v) is 17.5. The van der Waals surface area contributed by atoms with E-state index in [1.807, 2.05) is 0 Å². The summed E-state index contributed by atoms with van der Waals surface area (Å²) >= 11 is 6.18. The van der Waals surface area contributed by atoms with Crippen LogP contribution in [-0.4, -0.2) is 18.7 Å². The van der Waals surface area contributed by atoms with E-state index in [1.165, 1.54) is 0 Å². The Morgan fingerprint density at radius 2 is 1.32 bits per heavy atom. The van der Waals surface area contributed by atoms with E-state index >= 15 is 0 Å². The van der Waals surface area contributed by atoms with Crippen molar-refractivity contribution >= 4 is 34.3 Å². The van der Waals surface area contributed by atoms with E-state index in [9.17, 15) is 9.59 Å². The van der Waals surface area contributed by atoms with Crippen molar-refractivity contribution in [3.05, 3.63) is 23.2 Å². The average Bonchev–Trinajstić information content (AvgIpc) is 3.05. The van der Waals surface area contributed by atoms with Gasteiger partial charge in [0, 0.05) is 15.8 Å². The molecule has 0 unspecified atom stereocenters. The average molecular weight is 407 g/mol. The number of benzene rings is 2. The highest BCUT2D eigenvalue weighted by molar-refractivity contribution is 6.31. The maximum Gasteiger partial charge on any atom is 0.316 e. The van der Waals surface area contributed by atoms with E-state index < -0.39 is 22.8 Å². The van der Waals surface area contributed by atoms with Crippen molar-refractivity contribution in [2.75, 3.05) is 6.79 Å². The van der Waals surface area contributed by atoms with Gasteiger partial charge in [0.2, 0.25) is 18.3 Å². The van der Waals surface area contributed by atoms with Crippen LogP contribution < -0.4 is 18.9 Å². The van der Waals surface area contributed by atoms with Crippen LogP contribution >= 0.6 is 11.6 Å². The monoisotopic (exact) mass is 406 g/mol. The van der Waals surface area contributed by atoms with Crippen LogP contribution in [-0.2, 0) is 9.59 Å². The summed E-state index contributed by atoms with van der Waals surface area (Å²) in [5, 5.41) is 1.46. The molecule has 0 atom stereocenters. The van der Waals surface area contributed by atoms with Gasteiger partial charge >= 0.3 is 11.9 Å². The van der Waals surface area contributed by atoms with Crippen molar-refractivity contribution in [2.45, 2.75) is 41.5 Å². The second-order valence-corrected chi connectivity index (χ2v) is 9.13. The van der Waals surface area contributed by atoms with E-state index in [-0.39, 0.29) is 29.8 Å². The van der Waals surface area contributed by atoms with Crippen LogP contribution in [0.3, 0.4) is 0 Å². The van der Waals surface area contributed by atoms with Crippen LogP contribution in [0.2, 0.25) is 5.02 Å². The number of ether oxygens (including phenoxy) is 4. The minimum absolute atomic E-state index is 0.0838. The minimum Gasteiger partial charge on any atom is -0.449 e. The first-order chi connectivity index (χ1) is 12.9. The highest BCUT2D eigenvalue weighted by atomic mass is 35.5. The molecule has 0 fully saturated rings. The van der Waals surface area contributed by atoms with Crippen molar-refractivity contribution < 1.29 is 28.5 Å². The summed E-state index contributed by atoms with van der Waals surface area (Å²) in [6.45, 7) is 10.4. The molecule has 1 aliphatic heterocycles. The Hall–Kier alpha value is -2.47. The number of esters is 2. The number of carbonyl (C=O) groups is 2. The Bertz CT molecular complexity index is 966. The van der Waals surface area contributed by atoms with E-state index in [0.29, 0.717) is 15.8 Å². The summed E-state index contributed by atoms with van der Waals surface area (Å²) in [6, 6.07) is 4.99. The topological polar surface area (TPSA) is 71.1 Å². The summed E-state index contributed by atoms with van der Waals surface area (Å²) < 4.78 is 22.5. The fraction of sp³-hybridized carbons (Fsp3) is 0.429. The second kappa shape index (κ2) is 6.85. The lowest BCUT2D eigenvalue weighted by atomic mass is 9.97. The van der Waals surface area contributed by atoms with Crippen LogP contribution in [0.4, 0.5) is 0 Å². The van der Waals surface area contributed by atoms with E-state index in [4.69, 9.17) is 30.5 Å². The molecule has 6 nitrogen and oxygen atoms in total. The van der Waals surface area contributed by atoms with Gasteiger partial charge < -0.3 is 18.9 Å².